The molecule has 2 aromatic heterocycles. The zero-order valence-electron chi connectivity index (χ0n) is 46.3. The van der Waals surface area contributed by atoms with Crippen molar-refractivity contribution in [2.45, 2.75) is 149 Å². The fourth-order valence-electron chi connectivity index (χ4n) is 9.95. The maximum absolute atomic E-state index is 6.21. The molecule has 4 fully saturated rings. The van der Waals surface area contributed by atoms with Gasteiger partial charge in [0.2, 0.25) is 0 Å². The second kappa shape index (κ2) is 26.9. The van der Waals surface area contributed by atoms with E-state index in [-0.39, 0.29) is 31.2 Å². The average Bonchev–Trinajstić information content (AvgIpc) is 4.21. The molecule has 6 aliphatic rings. The van der Waals surface area contributed by atoms with Crippen LogP contribution in [-0.2, 0) is 41.5 Å². The van der Waals surface area contributed by atoms with Crippen LogP contribution in [-0.4, -0.2) is 172 Å². The summed E-state index contributed by atoms with van der Waals surface area (Å²) in [6.45, 7) is 23.6. The first-order valence-corrected chi connectivity index (χ1v) is 26.9. The van der Waals surface area contributed by atoms with Crippen molar-refractivity contribution in [2.75, 3.05) is 97.4 Å². The molecule has 2 aliphatic carbocycles. The number of benzene rings is 2. The smallest absolute Gasteiger partial charge is 0.180 e. The Labute approximate surface area is 452 Å². The van der Waals surface area contributed by atoms with Gasteiger partial charge in [0, 0.05) is 115 Å². The van der Waals surface area contributed by atoms with Crippen LogP contribution in [0.15, 0.2) is 71.2 Å². The van der Waals surface area contributed by atoms with Gasteiger partial charge in [-0.05, 0) is 109 Å². The lowest BCUT2D eigenvalue weighted by Crippen LogP contribution is -2.57. The third kappa shape index (κ3) is 15.5. The first kappa shape index (κ1) is 58.5. The number of aliphatic imine (C=N–C) groups is 2. The summed E-state index contributed by atoms with van der Waals surface area (Å²) in [5, 5.41) is 3.57. The lowest BCUT2D eigenvalue weighted by Gasteiger charge is -2.45. The van der Waals surface area contributed by atoms with Gasteiger partial charge in [0.1, 0.15) is 47.0 Å². The van der Waals surface area contributed by atoms with E-state index >= 15 is 0 Å². The summed E-state index contributed by atoms with van der Waals surface area (Å²) < 4.78 is 43.5. The second-order valence-corrected chi connectivity index (χ2v) is 21.3. The third-order valence-electron chi connectivity index (χ3n) is 14.6. The maximum Gasteiger partial charge on any atom is 0.180 e. The Balaban J connectivity index is 0.000000190. The molecule has 18 nitrogen and oxygen atoms in total. The number of nitrogens with zero attached hydrogens (tertiary/aromatic N) is 9. The summed E-state index contributed by atoms with van der Waals surface area (Å²) in [6.07, 6.45) is 8.29. The molecule has 2 saturated heterocycles. The first-order chi connectivity index (χ1) is 36.2. The molecule has 4 atom stereocenters. The van der Waals surface area contributed by atoms with Gasteiger partial charge in [0.25, 0.3) is 0 Å². The van der Waals surface area contributed by atoms with Crippen molar-refractivity contribution < 1.29 is 37.9 Å². The van der Waals surface area contributed by atoms with Gasteiger partial charge >= 0.3 is 0 Å². The summed E-state index contributed by atoms with van der Waals surface area (Å²) in [7, 11) is 6.45. The van der Waals surface area contributed by atoms with Crippen molar-refractivity contribution in [3.05, 3.63) is 94.8 Å². The van der Waals surface area contributed by atoms with E-state index in [9.17, 15) is 0 Å². The van der Waals surface area contributed by atoms with E-state index in [0.29, 0.717) is 57.1 Å². The van der Waals surface area contributed by atoms with Crippen molar-refractivity contribution in [1.29, 1.82) is 0 Å². The average molecular weight is 1050 g/mol. The number of hydrogen-bond donors (Lipinski definition) is 1. The molecule has 4 aliphatic heterocycles. The Morgan fingerprint density at radius 2 is 1.03 bits per heavy atom. The molecule has 0 amide bonds. The Hall–Kier alpha value is -5.18. The number of methoxy groups -OCH3 is 4. The van der Waals surface area contributed by atoms with Gasteiger partial charge < -0.3 is 53.0 Å². The quantitative estimate of drug-likeness (QED) is 0.0630. The highest BCUT2D eigenvalue weighted by Crippen LogP contribution is 2.42. The summed E-state index contributed by atoms with van der Waals surface area (Å²) in [4.78, 5) is 35.1. The molecule has 4 aromatic rings. The molecule has 10 rings (SSSR count). The Kier molecular flexibility index (Phi) is 20.7. The number of anilines is 2. The number of fused-ring (bicyclic) bond motifs is 2. The Bertz CT molecular complexity index is 2530. The lowest BCUT2D eigenvalue weighted by molar-refractivity contribution is -0.141. The second-order valence-electron chi connectivity index (χ2n) is 21.3. The summed E-state index contributed by atoms with van der Waals surface area (Å²) in [6, 6.07) is 18.4. The minimum absolute atomic E-state index is 0. The minimum atomic E-state index is -0.323. The van der Waals surface area contributed by atoms with Crippen LogP contribution in [0.3, 0.4) is 0 Å². The fraction of sp³-hybridized carbons (Fsp3) is 0.621. The van der Waals surface area contributed by atoms with Crippen LogP contribution in [0.4, 0.5) is 11.6 Å². The van der Waals surface area contributed by atoms with Crippen molar-refractivity contribution in [3.63, 3.8) is 0 Å². The van der Waals surface area contributed by atoms with Gasteiger partial charge in [-0.1, -0.05) is 26.5 Å². The largest absolute Gasteiger partial charge is 0.488 e. The Morgan fingerprint density at radius 1 is 0.592 bits per heavy atom. The molecule has 2 aromatic carbocycles. The predicted molar refractivity (Wildman–Crippen MR) is 299 cm³/mol. The molecule has 416 valence electrons. The molecule has 0 unspecified atom stereocenters. The van der Waals surface area contributed by atoms with Gasteiger partial charge in [-0.3, -0.25) is 14.9 Å². The van der Waals surface area contributed by atoms with Crippen molar-refractivity contribution in [1.82, 2.24) is 30.2 Å². The SMILES string of the molecule is C.CCCOCC(OC)OC.COC(COCCN1[C@H](C)CN(c2cc(C3=NCc4ccc(OC5(C)CC5)cc43)ncn2)C[C@@H]1C)OC.C[C@@H]1CN(c2cc(C3=NCc4ccc(OC5(C)CC5)cc43)ncn2)C[C@H](C)N1. The zero-order valence-corrected chi connectivity index (χ0v) is 46.3. The van der Waals surface area contributed by atoms with E-state index in [1.807, 2.05) is 0 Å². The van der Waals surface area contributed by atoms with Gasteiger partial charge in [-0.2, -0.15) is 0 Å². The third-order valence-corrected chi connectivity index (χ3v) is 14.6. The van der Waals surface area contributed by atoms with Crippen LogP contribution in [0.25, 0.3) is 0 Å². The van der Waals surface area contributed by atoms with Crippen molar-refractivity contribution in [2.24, 2.45) is 9.98 Å². The predicted octanol–water partition coefficient (Wildman–Crippen LogP) is 7.91. The van der Waals surface area contributed by atoms with E-state index in [1.54, 1.807) is 41.1 Å². The molecule has 18 heteroatoms. The van der Waals surface area contributed by atoms with Crippen LogP contribution in [0.2, 0.25) is 0 Å². The van der Waals surface area contributed by atoms with Crippen molar-refractivity contribution in [3.8, 4) is 11.5 Å². The van der Waals surface area contributed by atoms with Gasteiger partial charge in [0.05, 0.1) is 55.7 Å². The normalized spacial score (nSPS) is 21.8. The van der Waals surface area contributed by atoms with E-state index < -0.39 is 0 Å². The highest BCUT2D eigenvalue weighted by molar-refractivity contribution is 6.15. The number of hydrogen-bond acceptors (Lipinski definition) is 18. The molecule has 76 heavy (non-hydrogen) atoms. The number of aromatic nitrogens is 4. The van der Waals surface area contributed by atoms with Crippen LogP contribution in [0.1, 0.15) is 122 Å². The number of ether oxygens (including phenoxy) is 8. The number of nitrogens with one attached hydrogen (secondary N) is 1. The highest BCUT2D eigenvalue weighted by Gasteiger charge is 2.41. The standard InChI is InChI=1S/C28H39N5O4.C22H27N5O.C7H16O3.CH4/c1-19-15-32(16-20(2)33(19)10-11-36-17-26(34-4)35-5)25-13-24(30-18-31-25)27-23-12-22(37-28(3)8-9-28)7-6-21(23)14-29-27;1-14-11-27(12-15(2)26-14)20-9-19(24-13-25-20)21-18-8-17(28-22(3)6-7-22)5-4-16(18)10-23-21;1-4-5-10-6-7(8-2)9-3;/h6-7,12-13,18-20,26H,8-11,14-17H2,1-5H3;4-5,8-9,13-15,26H,6-7,10-12H2,1-3H3;7H,4-6H2,1-3H3;1H4/t19-,20+;14-,15+;;. The van der Waals surface area contributed by atoms with E-state index in [4.69, 9.17) is 47.9 Å². The summed E-state index contributed by atoms with van der Waals surface area (Å²) in [5.74, 6) is 3.74. The first-order valence-electron chi connectivity index (χ1n) is 26.9. The molecule has 6 heterocycles. The molecule has 0 bridgehead atoms. The zero-order chi connectivity index (χ0) is 53.1. The van der Waals surface area contributed by atoms with Crippen LogP contribution >= 0.6 is 0 Å². The van der Waals surface area contributed by atoms with Gasteiger partial charge in [-0.25, -0.2) is 19.9 Å². The fourth-order valence-corrected chi connectivity index (χ4v) is 9.95. The topological polar surface area (TPSA) is 172 Å². The van der Waals surface area contributed by atoms with E-state index in [2.05, 4.69) is 137 Å². The van der Waals surface area contributed by atoms with Crippen molar-refractivity contribution >= 4 is 23.1 Å². The Morgan fingerprint density at radius 3 is 1.45 bits per heavy atom. The highest BCUT2D eigenvalue weighted by atomic mass is 16.7. The van der Waals surface area contributed by atoms with Crippen LogP contribution in [0, 0.1) is 0 Å². The summed E-state index contributed by atoms with van der Waals surface area (Å²) >= 11 is 0. The molecule has 2 saturated carbocycles. The van der Waals surface area contributed by atoms with Crippen LogP contribution < -0.4 is 24.6 Å². The van der Waals surface area contributed by atoms with Crippen LogP contribution in [0.5, 0.6) is 11.5 Å². The minimum Gasteiger partial charge on any atom is -0.488 e. The maximum atomic E-state index is 6.21. The molecule has 1 N–H and O–H groups in total. The molecule has 0 radical (unpaired) electrons. The molecule has 0 spiro atoms. The van der Waals surface area contributed by atoms with E-state index in [0.717, 1.165) is 129 Å². The van der Waals surface area contributed by atoms with Gasteiger partial charge in [-0.15, -0.1) is 0 Å². The summed E-state index contributed by atoms with van der Waals surface area (Å²) in [5.41, 5.74) is 8.31. The number of piperazine rings is 2. The van der Waals surface area contributed by atoms with Gasteiger partial charge in [0.15, 0.2) is 12.6 Å². The monoisotopic (exact) mass is 1050 g/mol. The lowest BCUT2D eigenvalue weighted by atomic mass is 10.0. The molecular weight excluding hydrogens is 965 g/mol. The van der Waals surface area contributed by atoms with E-state index in [1.165, 1.54) is 11.1 Å². The number of rotatable bonds is 21. The molecular formula is C58H86N10O8.